The van der Waals surface area contributed by atoms with Gasteiger partial charge >= 0.3 is 0 Å². The lowest BCUT2D eigenvalue weighted by Crippen LogP contribution is -2.25. The fourth-order valence-electron chi connectivity index (χ4n) is 0.824. The van der Waals surface area contributed by atoms with E-state index >= 15 is 0 Å². The molecule has 10 heavy (non-hydrogen) atoms. The SMILES string of the molecule is CNC1C=CC=[C]C1=C=O. The first kappa shape index (κ1) is 7.00. The van der Waals surface area contributed by atoms with Gasteiger partial charge in [0.05, 0.1) is 11.6 Å². The molecule has 1 aliphatic carbocycles. The Bertz CT molecular complexity index is 221. The summed E-state index contributed by atoms with van der Waals surface area (Å²) in [5, 5.41) is 2.94. The van der Waals surface area contributed by atoms with Crippen LogP contribution in [0.4, 0.5) is 0 Å². The second-order valence-electron chi connectivity index (χ2n) is 1.98. The second-order valence-corrected chi connectivity index (χ2v) is 1.98. The molecule has 51 valence electrons. The number of hydrogen-bond acceptors (Lipinski definition) is 2. The van der Waals surface area contributed by atoms with E-state index in [1.807, 2.05) is 18.1 Å². The van der Waals surface area contributed by atoms with E-state index in [4.69, 9.17) is 0 Å². The number of likely N-dealkylation sites (N-methyl/N-ethyl adjacent to an activating group) is 1. The Morgan fingerprint density at radius 1 is 1.80 bits per heavy atom. The molecule has 1 radical (unpaired) electrons. The lowest BCUT2D eigenvalue weighted by Gasteiger charge is -2.10. The van der Waals surface area contributed by atoms with Crippen molar-refractivity contribution in [3.8, 4) is 0 Å². The number of allylic oxidation sites excluding steroid dienone is 2. The predicted octanol–water partition coefficient (Wildman–Crippen LogP) is 0.262. The highest BCUT2D eigenvalue weighted by atomic mass is 16.1. The van der Waals surface area contributed by atoms with Crippen molar-refractivity contribution >= 4 is 5.94 Å². The summed E-state index contributed by atoms with van der Waals surface area (Å²) in [6.45, 7) is 0. The van der Waals surface area contributed by atoms with Gasteiger partial charge in [-0.2, -0.15) is 0 Å². The molecule has 0 aromatic rings. The molecule has 1 unspecified atom stereocenters. The van der Waals surface area contributed by atoms with Crippen LogP contribution in [0.5, 0.6) is 0 Å². The molecule has 0 fully saturated rings. The molecular weight excluding hydrogens is 126 g/mol. The molecule has 2 heteroatoms. The van der Waals surface area contributed by atoms with Crippen LogP contribution in [0.25, 0.3) is 0 Å². The molecule has 1 N–H and O–H groups in total. The average Bonchev–Trinajstić information content (AvgIpc) is 2.04. The molecule has 1 atom stereocenters. The Morgan fingerprint density at radius 2 is 2.60 bits per heavy atom. The highest BCUT2D eigenvalue weighted by Gasteiger charge is 2.08. The first-order valence-electron chi connectivity index (χ1n) is 3.07. The van der Waals surface area contributed by atoms with Gasteiger partial charge in [0.2, 0.25) is 0 Å². The van der Waals surface area contributed by atoms with Gasteiger partial charge in [-0.3, -0.25) is 0 Å². The maximum atomic E-state index is 10.2. The molecule has 1 aliphatic rings. The summed E-state index contributed by atoms with van der Waals surface area (Å²) in [5.74, 6) is 1.82. The average molecular weight is 134 g/mol. The molecular formula is C8H8NO. The van der Waals surface area contributed by atoms with Gasteiger partial charge in [-0.1, -0.05) is 18.2 Å². The van der Waals surface area contributed by atoms with E-state index in [-0.39, 0.29) is 6.04 Å². The van der Waals surface area contributed by atoms with Gasteiger partial charge < -0.3 is 5.32 Å². The first-order valence-corrected chi connectivity index (χ1v) is 3.07. The monoisotopic (exact) mass is 134 g/mol. The van der Waals surface area contributed by atoms with E-state index in [2.05, 4.69) is 11.4 Å². The number of rotatable bonds is 1. The molecule has 1 rings (SSSR count). The summed E-state index contributed by atoms with van der Waals surface area (Å²) < 4.78 is 0. The fourth-order valence-corrected chi connectivity index (χ4v) is 0.824. The van der Waals surface area contributed by atoms with E-state index in [9.17, 15) is 4.79 Å². The zero-order valence-corrected chi connectivity index (χ0v) is 5.72. The molecule has 0 bridgehead atoms. The topological polar surface area (TPSA) is 29.1 Å². The maximum absolute atomic E-state index is 10.2. The number of nitrogens with one attached hydrogen (secondary N) is 1. The molecule has 0 aromatic carbocycles. The Balaban J connectivity index is 2.84. The Labute approximate surface area is 59.9 Å². The van der Waals surface area contributed by atoms with Gasteiger partial charge in [-0.15, -0.1) is 0 Å². The summed E-state index contributed by atoms with van der Waals surface area (Å²) in [5.41, 5.74) is 0.532. The minimum Gasteiger partial charge on any atom is -0.309 e. The van der Waals surface area contributed by atoms with Gasteiger partial charge in [0.25, 0.3) is 0 Å². The van der Waals surface area contributed by atoms with Crippen molar-refractivity contribution in [2.24, 2.45) is 0 Å². The van der Waals surface area contributed by atoms with Gasteiger partial charge in [0, 0.05) is 0 Å². The van der Waals surface area contributed by atoms with Crippen LogP contribution in [0.2, 0.25) is 0 Å². The summed E-state index contributed by atoms with van der Waals surface area (Å²) in [6.07, 6.45) is 8.23. The van der Waals surface area contributed by atoms with Crippen LogP contribution in [0.3, 0.4) is 0 Å². The summed E-state index contributed by atoms with van der Waals surface area (Å²) in [7, 11) is 1.79. The lowest BCUT2D eigenvalue weighted by molar-refractivity contribution is 0.565. The Hall–Kier alpha value is -1.11. The maximum Gasteiger partial charge on any atom is 0.130 e. The van der Waals surface area contributed by atoms with Gasteiger partial charge in [0.15, 0.2) is 0 Å². The minimum atomic E-state index is -0.0116. The zero-order chi connectivity index (χ0) is 7.40. The fraction of sp³-hybridized carbons (Fsp3) is 0.250. The molecule has 0 aliphatic heterocycles. The van der Waals surface area contributed by atoms with E-state index in [0.717, 1.165) is 0 Å². The van der Waals surface area contributed by atoms with E-state index in [0.29, 0.717) is 5.57 Å². The van der Waals surface area contributed by atoms with E-state index < -0.39 is 0 Å². The van der Waals surface area contributed by atoms with E-state index in [1.165, 1.54) is 0 Å². The van der Waals surface area contributed by atoms with E-state index in [1.54, 1.807) is 13.1 Å². The van der Waals surface area contributed by atoms with Crippen molar-refractivity contribution < 1.29 is 4.79 Å². The van der Waals surface area contributed by atoms with Crippen molar-refractivity contribution in [3.05, 3.63) is 29.9 Å². The largest absolute Gasteiger partial charge is 0.309 e. The Morgan fingerprint density at radius 3 is 3.10 bits per heavy atom. The van der Waals surface area contributed by atoms with Crippen molar-refractivity contribution in [1.82, 2.24) is 5.32 Å². The smallest absolute Gasteiger partial charge is 0.130 e. The molecule has 0 amide bonds. The highest BCUT2D eigenvalue weighted by Crippen LogP contribution is 2.05. The second kappa shape index (κ2) is 3.16. The van der Waals surface area contributed by atoms with Crippen molar-refractivity contribution in [2.45, 2.75) is 6.04 Å². The number of hydrogen-bond donors (Lipinski definition) is 1. The van der Waals surface area contributed by atoms with Crippen LogP contribution in [0.1, 0.15) is 0 Å². The molecule has 0 spiro atoms. The standard InChI is InChI=1S/C8H8NO/c1-9-8-5-3-2-4-7(8)6-10/h2-3,5,8-9H,1H3. The molecule has 0 saturated carbocycles. The van der Waals surface area contributed by atoms with Gasteiger partial charge in [0.1, 0.15) is 5.94 Å². The van der Waals surface area contributed by atoms with Crippen molar-refractivity contribution in [3.63, 3.8) is 0 Å². The predicted molar refractivity (Wildman–Crippen MR) is 39.0 cm³/mol. The summed E-state index contributed by atoms with van der Waals surface area (Å²) in [6, 6.07) is -0.0116. The van der Waals surface area contributed by atoms with Crippen LogP contribution >= 0.6 is 0 Å². The van der Waals surface area contributed by atoms with Crippen LogP contribution in [0.15, 0.2) is 23.8 Å². The molecule has 2 nitrogen and oxygen atoms in total. The molecule has 0 saturated heterocycles. The van der Waals surface area contributed by atoms with Crippen molar-refractivity contribution in [1.29, 1.82) is 0 Å². The van der Waals surface area contributed by atoms with Gasteiger partial charge in [-0.25, -0.2) is 4.79 Å². The normalized spacial score (nSPS) is 22.9. The molecule has 0 heterocycles. The third-order valence-electron chi connectivity index (χ3n) is 1.37. The number of carbonyl (C=O) groups excluding carboxylic acids is 1. The van der Waals surface area contributed by atoms with Crippen LogP contribution in [0, 0.1) is 6.08 Å². The summed E-state index contributed by atoms with van der Waals surface area (Å²) >= 11 is 0. The lowest BCUT2D eigenvalue weighted by atomic mass is 10.0. The van der Waals surface area contributed by atoms with Crippen LogP contribution < -0.4 is 5.32 Å². The third kappa shape index (κ3) is 1.24. The Kier molecular flexibility index (Phi) is 2.21. The van der Waals surface area contributed by atoms with Gasteiger partial charge in [-0.05, 0) is 13.1 Å². The van der Waals surface area contributed by atoms with Crippen molar-refractivity contribution in [2.75, 3.05) is 7.05 Å². The molecule has 0 aromatic heterocycles. The summed E-state index contributed by atoms with van der Waals surface area (Å²) in [4.78, 5) is 10.2. The van der Waals surface area contributed by atoms with Crippen LogP contribution in [-0.2, 0) is 4.79 Å². The third-order valence-corrected chi connectivity index (χ3v) is 1.37. The zero-order valence-electron chi connectivity index (χ0n) is 5.72. The highest BCUT2D eigenvalue weighted by molar-refractivity contribution is 5.60. The van der Waals surface area contributed by atoms with Crippen LogP contribution in [-0.4, -0.2) is 19.0 Å². The quantitative estimate of drug-likeness (QED) is 0.521. The first-order chi connectivity index (χ1) is 4.88. The minimum absolute atomic E-state index is 0.0116.